The Balaban J connectivity index is 1.87. The van der Waals surface area contributed by atoms with Gasteiger partial charge in [0.25, 0.3) is 0 Å². The molecule has 1 aromatic heterocycles. The molecule has 0 radical (unpaired) electrons. The number of aromatic nitrogens is 1. The molecule has 0 saturated heterocycles. The van der Waals surface area contributed by atoms with E-state index in [1.807, 2.05) is 17.5 Å². The van der Waals surface area contributed by atoms with Gasteiger partial charge in [-0.25, -0.2) is 4.98 Å². The molecule has 1 heterocycles. The molecule has 3 N–H and O–H groups in total. The number of nitrogens with zero attached hydrogens (tertiary/aromatic N) is 1. The van der Waals surface area contributed by atoms with E-state index in [9.17, 15) is 0 Å². The van der Waals surface area contributed by atoms with Gasteiger partial charge >= 0.3 is 0 Å². The van der Waals surface area contributed by atoms with Crippen LogP contribution in [0.25, 0.3) is 0 Å². The van der Waals surface area contributed by atoms with E-state index in [2.05, 4.69) is 24.1 Å². The van der Waals surface area contributed by atoms with Crippen LogP contribution in [0.4, 0.5) is 0 Å². The number of hydrogen-bond donors (Lipinski definition) is 2. The Hall–Kier alpha value is -0.450. The number of aryl methyl sites for hydroxylation is 1. The SMILES string of the molecule is CCc1cnc(C(C)NC2CC(N)C2)s1. The fraction of sp³-hybridized carbons (Fsp3) is 0.727. The predicted octanol–water partition coefficient (Wildman–Crippen LogP) is 1.85. The van der Waals surface area contributed by atoms with Crippen molar-refractivity contribution in [3.8, 4) is 0 Å². The van der Waals surface area contributed by atoms with E-state index < -0.39 is 0 Å². The van der Waals surface area contributed by atoms with Crippen molar-refractivity contribution in [2.75, 3.05) is 0 Å². The molecule has 1 fully saturated rings. The third kappa shape index (κ3) is 2.56. The molecule has 4 heteroatoms. The van der Waals surface area contributed by atoms with Gasteiger partial charge in [0.15, 0.2) is 0 Å². The van der Waals surface area contributed by atoms with Crippen molar-refractivity contribution in [3.63, 3.8) is 0 Å². The zero-order valence-corrected chi connectivity index (χ0v) is 10.2. The molecule has 15 heavy (non-hydrogen) atoms. The van der Waals surface area contributed by atoms with Crippen LogP contribution in [0.15, 0.2) is 6.20 Å². The van der Waals surface area contributed by atoms with E-state index in [-0.39, 0.29) is 0 Å². The quantitative estimate of drug-likeness (QED) is 0.822. The van der Waals surface area contributed by atoms with Crippen molar-refractivity contribution in [1.29, 1.82) is 0 Å². The lowest BCUT2D eigenvalue weighted by atomic mass is 9.87. The van der Waals surface area contributed by atoms with E-state index in [0.29, 0.717) is 18.1 Å². The van der Waals surface area contributed by atoms with E-state index in [1.165, 1.54) is 9.88 Å². The molecule has 1 aliphatic rings. The van der Waals surface area contributed by atoms with Crippen LogP contribution >= 0.6 is 11.3 Å². The lowest BCUT2D eigenvalue weighted by molar-refractivity contribution is 0.272. The number of rotatable bonds is 4. The molecular formula is C11H19N3S. The molecule has 0 aliphatic heterocycles. The first-order chi connectivity index (χ1) is 7.19. The van der Waals surface area contributed by atoms with E-state index in [1.54, 1.807) is 0 Å². The van der Waals surface area contributed by atoms with Gasteiger partial charge in [-0.15, -0.1) is 11.3 Å². The number of thiazole rings is 1. The van der Waals surface area contributed by atoms with Crippen molar-refractivity contribution < 1.29 is 0 Å². The molecule has 84 valence electrons. The van der Waals surface area contributed by atoms with Gasteiger partial charge in [-0.1, -0.05) is 6.92 Å². The molecule has 2 rings (SSSR count). The summed E-state index contributed by atoms with van der Waals surface area (Å²) in [4.78, 5) is 5.81. The number of nitrogens with one attached hydrogen (secondary N) is 1. The first-order valence-corrected chi connectivity index (χ1v) is 6.47. The van der Waals surface area contributed by atoms with E-state index in [4.69, 9.17) is 5.73 Å². The molecule has 3 nitrogen and oxygen atoms in total. The van der Waals surface area contributed by atoms with Crippen molar-refractivity contribution in [3.05, 3.63) is 16.1 Å². The Labute approximate surface area is 95.1 Å². The van der Waals surface area contributed by atoms with Gasteiger partial charge in [-0.05, 0) is 26.2 Å². The van der Waals surface area contributed by atoms with Crippen molar-refractivity contribution in [1.82, 2.24) is 10.3 Å². The van der Waals surface area contributed by atoms with Gasteiger partial charge < -0.3 is 11.1 Å². The predicted molar refractivity (Wildman–Crippen MR) is 64.0 cm³/mol. The Bertz CT molecular complexity index is 317. The summed E-state index contributed by atoms with van der Waals surface area (Å²) in [5.41, 5.74) is 5.76. The van der Waals surface area contributed by atoms with Gasteiger partial charge in [-0.2, -0.15) is 0 Å². The van der Waals surface area contributed by atoms with Crippen LogP contribution in [-0.4, -0.2) is 17.1 Å². The highest BCUT2D eigenvalue weighted by atomic mass is 32.1. The first-order valence-electron chi connectivity index (χ1n) is 5.65. The fourth-order valence-electron chi connectivity index (χ4n) is 1.91. The summed E-state index contributed by atoms with van der Waals surface area (Å²) < 4.78 is 0. The zero-order chi connectivity index (χ0) is 10.8. The summed E-state index contributed by atoms with van der Waals surface area (Å²) >= 11 is 1.81. The average molecular weight is 225 g/mol. The van der Waals surface area contributed by atoms with Crippen LogP contribution < -0.4 is 11.1 Å². The average Bonchev–Trinajstić information content (AvgIpc) is 2.63. The van der Waals surface area contributed by atoms with Gasteiger partial charge in [0.05, 0.1) is 6.04 Å². The summed E-state index contributed by atoms with van der Waals surface area (Å²) in [6.07, 6.45) is 5.29. The maximum atomic E-state index is 5.76. The minimum absolute atomic E-state index is 0.368. The van der Waals surface area contributed by atoms with E-state index >= 15 is 0 Å². The maximum absolute atomic E-state index is 5.76. The minimum Gasteiger partial charge on any atom is -0.328 e. The van der Waals surface area contributed by atoms with Gasteiger partial charge in [0.1, 0.15) is 5.01 Å². The van der Waals surface area contributed by atoms with Crippen molar-refractivity contribution in [2.45, 2.75) is 51.2 Å². The van der Waals surface area contributed by atoms with Crippen LogP contribution in [0.2, 0.25) is 0 Å². The summed E-state index contributed by atoms with van der Waals surface area (Å²) in [7, 11) is 0. The zero-order valence-electron chi connectivity index (χ0n) is 9.36. The molecule has 1 aromatic rings. The summed E-state index contributed by atoms with van der Waals surface area (Å²) in [5.74, 6) is 0. The molecule has 0 spiro atoms. The summed E-state index contributed by atoms with van der Waals surface area (Å²) in [6, 6.07) is 1.38. The largest absolute Gasteiger partial charge is 0.328 e. The lowest BCUT2D eigenvalue weighted by Crippen LogP contribution is -2.48. The second-order valence-corrected chi connectivity index (χ2v) is 5.48. The van der Waals surface area contributed by atoms with E-state index in [0.717, 1.165) is 19.3 Å². The molecule has 1 atom stereocenters. The highest BCUT2D eigenvalue weighted by molar-refractivity contribution is 7.11. The minimum atomic E-state index is 0.368. The monoisotopic (exact) mass is 225 g/mol. The molecule has 1 unspecified atom stereocenters. The number of hydrogen-bond acceptors (Lipinski definition) is 4. The smallest absolute Gasteiger partial charge is 0.109 e. The Morgan fingerprint density at radius 3 is 2.93 bits per heavy atom. The van der Waals surface area contributed by atoms with Crippen LogP contribution in [0.1, 0.15) is 42.6 Å². The fourth-order valence-corrected chi connectivity index (χ4v) is 2.78. The molecular weight excluding hydrogens is 206 g/mol. The van der Waals surface area contributed by atoms with Gasteiger partial charge in [0.2, 0.25) is 0 Å². The third-order valence-electron chi connectivity index (χ3n) is 2.95. The number of nitrogens with two attached hydrogens (primary N) is 1. The van der Waals surface area contributed by atoms with Gasteiger partial charge in [-0.3, -0.25) is 0 Å². The lowest BCUT2D eigenvalue weighted by Gasteiger charge is -2.34. The highest BCUT2D eigenvalue weighted by Crippen LogP contribution is 2.24. The molecule has 0 bridgehead atoms. The highest BCUT2D eigenvalue weighted by Gasteiger charge is 2.27. The van der Waals surface area contributed by atoms with Crippen LogP contribution in [0, 0.1) is 0 Å². The first kappa shape index (κ1) is 11.0. The molecule has 0 amide bonds. The second kappa shape index (κ2) is 4.60. The maximum Gasteiger partial charge on any atom is 0.109 e. The molecule has 0 aromatic carbocycles. The van der Waals surface area contributed by atoms with Crippen LogP contribution in [-0.2, 0) is 6.42 Å². The molecule has 1 saturated carbocycles. The van der Waals surface area contributed by atoms with Crippen LogP contribution in [0.5, 0.6) is 0 Å². The Morgan fingerprint density at radius 2 is 2.40 bits per heavy atom. The topological polar surface area (TPSA) is 50.9 Å². The Kier molecular flexibility index (Phi) is 3.38. The standard InChI is InChI=1S/C11H19N3S/c1-3-10-6-13-11(15-10)7(2)14-9-4-8(12)5-9/h6-9,14H,3-5,12H2,1-2H3. The van der Waals surface area contributed by atoms with Crippen molar-refractivity contribution in [2.24, 2.45) is 5.73 Å². The summed E-state index contributed by atoms with van der Waals surface area (Å²) in [6.45, 7) is 4.35. The van der Waals surface area contributed by atoms with Crippen LogP contribution in [0.3, 0.4) is 0 Å². The van der Waals surface area contributed by atoms with Gasteiger partial charge in [0, 0.05) is 23.2 Å². The van der Waals surface area contributed by atoms with Crippen molar-refractivity contribution >= 4 is 11.3 Å². The Morgan fingerprint density at radius 1 is 1.67 bits per heavy atom. The molecule has 1 aliphatic carbocycles. The normalized spacial score (nSPS) is 27.4. The third-order valence-corrected chi connectivity index (χ3v) is 4.27. The summed E-state index contributed by atoms with van der Waals surface area (Å²) in [5, 5.41) is 4.77. The second-order valence-electron chi connectivity index (χ2n) is 4.34.